The number of carboxylic acid groups (broad SMARTS) is 1. The van der Waals surface area contributed by atoms with Gasteiger partial charge in [-0.15, -0.1) is 10.2 Å². The van der Waals surface area contributed by atoms with Gasteiger partial charge in [-0.2, -0.15) is 0 Å². The predicted octanol–water partition coefficient (Wildman–Crippen LogP) is 1.19. The zero-order valence-corrected chi connectivity index (χ0v) is 10.3. The molecule has 1 aromatic carbocycles. The van der Waals surface area contributed by atoms with Crippen molar-refractivity contribution in [2.75, 3.05) is 0 Å². The SMILES string of the molecule is O=C(NCc1nnc(C(=O)O)o1)OCc1ccccc1. The molecule has 20 heavy (non-hydrogen) atoms. The largest absolute Gasteiger partial charge is 0.474 e. The van der Waals surface area contributed by atoms with Crippen LogP contribution >= 0.6 is 0 Å². The number of amides is 1. The topological polar surface area (TPSA) is 115 Å². The Bertz CT molecular complexity index is 596. The number of carbonyl (C=O) groups excluding carboxylic acids is 1. The van der Waals surface area contributed by atoms with Gasteiger partial charge in [0.25, 0.3) is 0 Å². The first kappa shape index (κ1) is 13.5. The van der Waals surface area contributed by atoms with Crippen molar-refractivity contribution in [3.8, 4) is 0 Å². The summed E-state index contributed by atoms with van der Waals surface area (Å²) in [5, 5.41) is 17.7. The molecule has 0 aliphatic heterocycles. The molecule has 0 unspecified atom stereocenters. The van der Waals surface area contributed by atoms with Crippen molar-refractivity contribution >= 4 is 12.1 Å². The molecule has 0 fully saturated rings. The van der Waals surface area contributed by atoms with Crippen molar-refractivity contribution in [2.24, 2.45) is 0 Å². The van der Waals surface area contributed by atoms with Crippen LogP contribution in [0.3, 0.4) is 0 Å². The van der Waals surface area contributed by atoms with E-state index in [2.05, 4.69) is 15.5 Å². The van der Waals surface area contributed by atoms with Crippen LogP contribution < -0.4 is 5.32 Å². The monoisotopic (exact) mass is 277 g/mol. The highest BCUT2D eigenvalue weighted by Crippen LogP contribution is 2.02. The lowest BCUT2D eigenvalue weighted by Gasteiger charge is -2.05. The molecule has 0 saturated carbocycles. The van der Waals surface area contributed by atoms with Crippen LogP contribution in [0.4, 0.5) is 4.79 Å². The standard InChI is InChI=1S/C12H11N3O5/c16-11(17)10-15-14-9(20-10)6-13-12(18)19-7-8-4-2-1-3-5-8/h1-5H,6-7H2,(H,13,18)(H,16,17). The number of rotatable bonds is 5. The number of hydrogen-bond acceptors (Lipinski definition) is 6. The Morgan fingerprint density at radius 2 is 2.00 bits per heavy atom. The van der Waals surface area contributed by atoms with Gasteiger partial charge < -0.3 is 19.6 Å². The Morgan fingerprint density at radius 3 is 2.65 bits per heavy atom. The number of benzene rings is 1. The molecular weight excluding hydrogens is 266 g/mol. The minimum atomic E-state index is -1.32. The number of nitrogens with zero attached hydrogens (tertiary/aromatic N) is 2. The zero-order chi connectivity index (χ0) is 14.4. The average Bonchev–Trinajstić information content (AvgIpc) is 2.93. The molecule has 1 amide bonds. The Morgan fingerprint density at radius 1 is 1.25 bits per heavy atom. The second-order valence-electron chi connectivity index (χ2n) is 3.72. The van der Waals surface area contributed by atoms with Crippen LogP contribution in [0.25, 0.3) is 0 Å². The number of aromatic nitrogens is 2. The minimum absolute atomic E-state index is 0.0148. The van der Waals surface area contributed by atoms with E-state index in [9.17, 15) is 9.59 Å². The van der Waals surface area contributed by atoms with Gasteiger partial charge in [-0.05, 0) is 5.56 Å². The predicted molar refractivity (Wildman–Crippen MR) is 64.7 cm³/mol. The molecular formula is C12H11N3O5. The lowest BCUT2D eigenvalue weighted by atomic mass is 10.2. The molecule has 8 nitrogen and oxygen atoms in total. The first-order chi connectivity index (χ1) is 9.65. The van der Waals surface area contributed by atoms with Gasteiger partial charge in [-0.3, -0.25) is 0 Å². The maximum absolute atomic E-state index is 11.4. The highest BCUT2D eigenvalue weighted by atomic mass is 16.5. The quantitative estimate of drug-likeness (QED) is 0.843. The number of alkyl carbamates (subject to hydrolysis) is 1. The van der Waals surface area contributed by atoms with Crippen LogP contribution in [-0.2, 0) is 17.9 Å². The number of nitrogens with one attached hydrogen (secondary N) is 1. The maximum atomic E-state index is 11.4. The van der Waals surface area contributed by atoms with E-state index in [1.54, 1.807) is 0 Å². The lowest BCUT2D eigenvalue weighted by molar-refractivity contribution is 0.0651. The molecule has 0 atom stereocenters. The first-order valence-corrected chi connectivity index (χ1v) is 5.65. The fourth-order valence-electron chi connectivity index (χ4n) is 1.33. The Balaban J connectivity index is 1.76. The molecule has 1 aromatic heterocycles. The molecule has 1 heterocycles. The van der Waals surface area contributed by atoms with E-state index < -0.39 is 18.0 Å². The molecule has 104 valence electrons. The van der Waals surface area contributed by atoms with Gasteiger partial charge in [0, 0.05) is 0 Å². The Hall–Kier alpha value is -2.90. The summed E-state index contributed by atoms with van der Waals surface area (Å²) in [6, 6.07) is 9.18. The summed E-state index contributed by atoms with van der Waals surface area (Å²) >= 11 is 0. The normalized spacial score (nSPS) is 10.0. The molecule has 0 aliphatic rings. The van der Waals surface area contributed by atoms with Gasteiger partial charge in [0.1, 0.15) is 6.61 Å². The van der Waals surface area contributed by atoms with Gasteiger partial charge in [0.2, 0.25) is 5.89 Å². The summed E-state index contributed by atoms with van der Waals surface area (Å²) in [6.45, 7) is 0.0325. The van der Waals surface area contributed by atoms with Crippen molar-refractivity contribution < 1.29 is 23.8 Å². The summed E-state index contributed by atoms with van der Waals surface area (Å²) < 4.78 is 9.71. The summed E-state index contributed by atoms with van der Waals surface area (Å²) in [4.78, 5) is 21.9. The van der Waals surface area contributed by atoms with Crippen LogP contribution in [0, 0.1) is 0 Å². The third kappa shape index (κ3) is 3.80. The third-order valence-corrected chi connectivity index (χ3v) is 2.25. The van der Waals surface area contributed by atoms with E-state index >= 15 is 0 Å². The molecule has 8 heteroatoms. The van der Waals surface area contributed by atoms with E-state index in [4.69, 9.17) is 14.3 Å². The molecule has 0 bridgehead atoms. The average molecular weight is 277 g/mol. The summed E-state index contributed by atoms with van der Waals surface area (Å²) in [5.74, 6) is -1.87. The molecule has 2 aromatic rings. The van der Waals surface area contributed by atoms with E-state index in [0.29, 0.717) is 0 Å². The van der Waals surface area contributed by atoms with Crippen molar-refractivity contribution in [3.05, 3.63) is 47.7 Å². The Labute approximate surface area is 113 Å². The minimum Gasteiger partial charge on any atom is -0.474 e. The molecule has 2 rings (SSSR count). The first-order valence-electron chi connectivity index (χ1n) is 5.65. The van der Waals surface area contributed by atoms with Crippen LogP contribution in [0.15, 0.2) is 34.7 Å². The van der Waals surface area contributed by atoms with E-state index in [-0.39, 0.29) is 19.0 Å². The van der Waals surface area contributed by atoms with Crippen LogP contribution in [0.2, 0.25) is 0 Å². The van der Waals surface area contributed by atoms with Gasteiger partial charge in [-0.1, -0.05) is 30.3 Å². The fourth-order valence-corrected chi connectivity index (χ4v) is 1.33. The smallest absolute Gasteiger partial charge is 0.407 e. The van der Waals surface area contributed by atoms with Crippen molar-refractivity contribution in [1.29, 1.82) is 0 Å². The number of carboxylic acids is 1. The second kappa shape index (κ2) is 6.32. The summed E-state index contributed by atoms with van der Waals surface area (Å²) in [7, 11) is 0. The van der Waals surface area contributed by atoms with Gasteiger partial charge >= 0.3 is 18.0 Å². The molecule has 0 spiro atoms. The van der Waals surface area contributed by atoms with Crippen LogP contribution in [0.1, 0.15) is 22.1 Å². The zero-order valence-electron chi connectivity index (χ0n) is 10.3. The number of carbonyl (C=O) groups is 2. The van der Waals surface area contributed by atoms with E-state index in [1.165, 1.54) is 0 Å². The number of ether oxygens (including phenoxy) is 1. The van der Waals surface area contributed by atoms with E-state index in [0.717, 1.165) is 5.56 Å². The van der Waals surface area contributed by atoms with Crippen LogP contribution in [-0.4, -0.2) is 27.4 Å². The third-order valence-electron chi connectivity index (χ3n) is 2.25. The fraction of sp³-hybridized carbons (Fsp3) is 0.167. The molecule has 0 radical (unpaired) electrons. The highest BCUT2D eigenvalue weighted by molar-refractivity contribution is 5.81. The van der Waals surface area contributed by atoms with Gasteiger partial charge in [-0.25, -0.2) is 9.59 Å². The molecule has 0 saturated heterocycles. The second-order valence-corrected chi connectivity index (χ2v) is 3.72. The molecule has 0 aliphatic carbocycles. The number of hydrogen-bond donors (Lipinski definition) is 2. The molecule has 2 N–H and O–H groups in total. The van der Waals surface area contributed by atoms with Gasteiger partial charge in [0.05, 0.1) is 6.54 Å². The van der Waals surface area contributed by atoms with Gasteiger partial charge in [0.15, 0.2) is 0 Å². The van der Waals surface area contributed by atoms with Crippen LogP contribution in [0.5, 0.6) is 0 Å². The Kier molecular flexibility index (Phi) is 4.28. The van der Waals surface area contributed by atoms with Crippen molar-refractivity contribution in [1.82, 2.24) is 15.5 Å². The van der Waals surface area contributed by atoms with Crippen molar-refractivity contribution in [2.45, 2.75) is 13.2 Å². The van der Waals surface area contributed by atoms with E-state index in [1.807, 2.05) is 30.3 Å². The summed E-state index contributed by atoms with van der Waals surface area (Å²) in [6.07, 6.45) is -0.663. The lowest BCUT2D eigenvalue weighted by Crippen LogP contribution is -2.23. The van der Waals surface area contributed by atoms with Crippen molar-refractivity contribution in [3.63, 3.8) is 0 Å². The highest BCUT2D eigenvalue weighted by Gasteiger charge is 2.13. The maximum Gasteiger partial charge on any atom is 0.407 e. The number of aromatic carboxylic acids is 1. The summed E-state index contributed by atoms with van der Waals surface area (Å²) in [5.41, 5.74) is 0.855.